The van der Waals surface area contributed by atoms with Gasteiger partial charge in [0, 0.05) is 6.04 Å². The van der Waals surface area contributed by atoms with Gasteiger partial charge >= 0.3 is 0 Å². The first-order valence-corrected chi connectivity index (χ1v) is 5.69. The zero-order valence-corrected chi connectivity index (χ0v) is 9.49. The standard InChI is InChI=1S/C11H23NO2/c1-4-8(2)12-10(7-13)11-6-5-9(3)14-11/h8-13H,4-7H2,1-3H3. The van der Waals surface area contributed by atoms with Crippen molar-refractivity contribution in [3.05, 3.63) is 0 Å². The molecule has 3 nitrogen and oxygen atoms in total. The third-order valence-electron chi connectivity index (χ3n) is 3.02. The van der Waals surface area contributed by atoms with Crippen LogP contribution >= 0.6 is 0 Å². The summed E-state index contributed by atoms with van der Waals surface area (Å²) in [4.78, 5) is 0. The van der Waals surface area contributed by atoms with Gasteiger partial charge in [0.25, 0.3) is 0 Å². The molecular weight excluding hydrogens is 178 g/mol. The molecule has 0 aromatic carbocycles. The van der Waals surface area contributed by atoms with E-state index in [4.69, 9.17) is 4.74 Å². The topological polar surface area (TPSA) is 41.5 Å². The molecule has 4 unspecified atom stereocenters. The Hall–Kier alpha value is -0.120. The van der Waals surface area contributed by atoms with Crippen LogP contribution in [0.4, 0.5) is 0 Å². The van der Waals surface area contributed by atoms with E-state index in [9.17, 15) is 5.11 Å². The van der Waals surface area contributed by atoms with E-state index in [2.05, 4.69) is 26.1 Å². The monoisotopic (exact) mass is 201 g/mol. The number of ether oxygens (including phenoxy) is 1. The quantitative estimate of drug-likeness (QED) is 0.704. The van der Waals surface area contributed by atoms with Gasteiger partial charge in [-0.2, -0.15) is 0 Å². The lowest BCUT2D eigenvalue weighted by molar-refractivity contribution is 0.0146. The van der Waals surface area contributed by atoms with Crippen LogP contribution in [0.5, 0.6) is 0 Å². The summed E-state index contributed by atoms with van der Waals surface area (Å²) in [7, 11) is 0. The maximum Gasteiger partial charge on any atom is 0.0755 e. The highest BCUT2D eigenvalue weighted by Gasteiger charge is 2.29. The van der Waals surface area contributed by atoms with Gasteiger partial charge in [-0.3, -0.25) is 0 Å². The lowest BCUT2D eigenvalue weighted by Gasteiger charge is -2.26. The van der Waals surface area contributed by atoms with Crippen molar-refractivity contribution in [2.45, 2.75) is 64.3 Å². The first-order valence-electron chi connectivity index (χ1n) is 5.69. The molecule has 1 fully saturated rings. The van der Waals surface area contributed by atoms with E-state index in [1.54, 1.807) is 0 Å². The largest absolute Gasteiger partial charge is 0.395 e. The molecule has 1 saturated heterocycles. The molecule has 0 spiro atoms. The van der Waals surface area contributed by atoms with Gasteiger partial charge in [-0.25, -0.2) is 0 Å². The SMILES string of the molecule is CCC(C)NC(CO)C1CCC(C)O1. The molecule has 84 valence electrons. The Morgan fingerprint density at radius 1 is 1.50 bits per heavy atom. The molecule has 0 aromatic rings. The van der Waals surface area contributed by atoms with Crippen LogP contribution in [-0.2, 0) is 4.74 Å². The van der Waals surface area contributed by atoms with Gasteiger partial charge in [0.05, 0.1) is 24.9 Å². The first kappa shape index (κ1) is 12.0. The van der Waals surface area contributed by atoms with Crippen molar-refractivity contribution in [3.63, 3.8) is 0 Å². The Balaban J connectivity index is 2.37. The lowest BCUT2D eigenvalue weighted by atomic mass is 10.1. The zero-order valence-electron chi connectivity index (χ0n) is 9.49. The second-order valence-corrected chi connectivity index (χ2v) is 4.33. The van der Waals surface area contributed by atoms with Crippen LogP contribution in [0, 0.1) is 0 Å². The van der Waals surface area contributed by atoms with E-state index in [0.29, 0.717) is 12.1 Å². The molecule has 1 heterocycles. The van der Waals surface area contributed by atoms with Crippen molar-refractivity contribution in [2.24, 2.45) is 0 Å². The molecule has 3 heteroatoms. The molecule has 0 aromatic heterocycles. The molecule has 0 radical (unpaired) electrons. The summed E-state index contributed by atoms with van der Waals surface area (Å²) in [6.07, 6.45) is 3.81. The van der Waals surface area contributed by atoms with E-state index < -0.39 is 0 Å². The molecule has 14 heavy (non-hydrogen) atoms. The fourth-order valence-corrected chi connectivity index (χ4v) is 1.89. The second-order valence-electron chi connectivity index (χ2n) is 4.33. The van der Waals surface area contributed by atoms with Gasteiger partial charge in [0.15, 0.2) is 0 Å². The molecule has 1 aliphatic rings. The molecular formula is C11H23NO2. The smallest absolute Gasteiger partial charge is 0.0755 e. The normalized spacial score (nSPS) is 31.7. The van der Waals surface area contributed by atoms with E-state index in [1.807, 2.05) is 0 Å². The van der Waals surface area contributed by atoms with Crippen LogP contribution in [-0.4, -0.2) is 36.0 Å². The molecule has 0 aliphatic carbocycles. The van der Waals surface area contributed by atoms with Crippen molar-refractivity contribution >= 4 is 0 Å². The van der Waals surface area contributed by atoms with Gasteiger partial charge in [-0.05, 0) is 33.1 Å². The molecule has 2 N–H and O–H groups in total. The summed E-state index contributed by atoms with van der Waals surface area (Å²) in [6, 6.07) is 0.557. The third-order valence-corrected chi connectivity index (χ3v) is 3.02. The van der Waals surface area contributed by atoms with Crippen molar-refractivity contribution in [1.82, 2.24) is 5.32 Å². The van der Waals surface area contributed by atoms with E-state index in [0.717, 1.165) is 19.3 Å². The highest BCUT2D eigenvalue weighted by Crippen LogP contribution is 2.21. The van der Waals surface area contributed by atoms with Crippen molar-refractivity contribution in [3.8, 4) is 0 Å². The highest BCUT2D eigenvalue weighted by atomic mass is 16.5. The lowest BCUT2D eigenvalue weighted by Crippen LogP contribution is -2.46. The first-order chi connectivity index (χ1) is 6.67. The minimum Gasteiger partial charge on any atom is -0.395 e. The molecule has 4 atom stereocenters. The van der Waals surface area contributed by atoms with Crippen LogP contribution in [0.2, 0.25) is 0 Å². The van der Waals surface area contributed by atoms with Crippen molar-refractivity contribution in [2.75, 3.05) is 6.61 Å². The summed E-state index contributed by atoms with van der Waals surface area (Å²) in [5.74, 6) is 0. The van der Waals surface area contributed by atoms with Gasteiger partial charge in [-0.15, -0.1) is 0 Å². The average molecular weight is 201 g/mol. The fourth-order valence-electron chi connectivity index (χ4n) is 1.89. The summed E-state index contributed by atoms with van der Waals surface area (Å²) in [5, 5.41) is 12.7. The average Bonchev–Trinajstić information content (AvgIpc) is 2.60. The minimum atomic E-state index is 0.106. The number of hydrogen-bond acceptors (Lipinski definition) is 3. The van der Waals surface area contributed by atoms with Crippen LogP contribution in [0.1, 0.15) is 40.0 Å². The number of nitrogens with one attached hydrogen (secondary N) is 1. The Bertz CT molecular complexity index is 163. The maximum atomic E-state index is 9.27. The second kappa shape index (κ2) is 5.69. The molecule has 0 saturated carbocycles. The summed E-state index contributed by atoms with van der Waals surface area (Å²) >= 11 is 0. The maximum absolute atomic E-state index is 9.27. The van der Waals surface area contributed by atoms with Crippen LogP contribution in [0.15, 0.2) is 0 Å². The number of aliphatic hydroxyl groups excluding tert-OH is 1. The number of rotatable bonds is 5. The van der Waals surface area contributed by atoms with Gasteiger partial charge in [0.2, 0.25) is 0 Å². The van der Waals surface area contributed by atoms with Gasteiger partial charge in [-0.1, -0.05) is 6.92 Å². The molecule has 0 amide bonds. The molecule has 1 rings (SSSR count). The third kappa shape index (κ3) is 3.23. The number of hydrogen-bond donors (Lipinski definition) is 2. The van der Waals surface area contributed by atoms with Crippen LogP contribution in [0.25, 0.3) is 0 Å². The van der Waals surface area contributed by atoms with Gasteiger partial charge < -0.3 is 15.2 Å². The molecule has 1 aliphatic heterocycles. The van der Waals surface area contributed by atoms with Gasteiger partial charge in [0.1, 0.15) is 0 Å². The Morgan fingerprint density at radius 3 is 2.64 bits per heavy atom. The van der Waals surface area contributed by atoms with E-state index >= 15 is 0 Å². The van der Waals surface area contributed by atoms with E-state index in [-0.39, 0.29) is 18.8 Å². The van der Waals surface area contributed by atoms with Crippen molar-refractivity contribution < 1.29 is 9.84 Å². The predicted molar refractivity (Wildman–Crippen MR) is 57.3 cm³/mol. The summed E-state index contributed by atoms with van der Waals surface area (Å²) < 4.78 is 5.74. The highest BCUT2D eigenvalue weighted by molar-refractivity contribution is 4.83. The summed E-state index contributed by atoms with van der Waals surface area (Å²) in [5.41, 5.74) is 0. The minimum absolute atomic E-state index is 0.106. The zero-order chi connectivity index (χ0) is 10.6. The number of aliphatic hydroxyl groups is 1. The summed E-state index contributed by atoms with van der Waals surface area (Å²) in [6.45, 7) is 6.55. The Labute approximate surface area is 86.8 Å². The fraction of sp³-hybridized carbons (Fsp3) is 1.00. The van der Waals surface area contributed by atoms with Crippen LogP contribution in [0.3, 0.4) is 0 Å². The Morgan fingerprint density at radius 2 is 2.21 bits per heavy atom. The van der Waals surface area contributed by atoms with E-state index in [1.165, 1.54) is 0 Å². The van der Waals surface area contributed by atoms with Crippen LogP contribution < -0.4 is 5.32 Å². The molecule has 0 bridgehead atoms. The predicted octanol–water partition coefficient (Wildman–Crippen LogP) is 1.30. The van der Waals surface area contributed by atoms with Crippen molar-refractivity contribution in [1.29, 1.82) is 0 Å². The Kier molecular flexibility index (Phi) is 4.85.